The number of hydrogen-bond acceptors (Lipinski definition) is 4. The molecule has 2 N–H and O–H groups in total. The van der Waals surface area contributed by atoms with Gasteiger partial charge in [0.2, 0.25) is 0 Å². The number of carbonyl (C=O) groups excluding carboxylic acids is 1. The Kier molecular flexibility index (Phi) is 27.1. The lowest BCUT2D eigenvalue weighted by molar-refractivity contribution is -0.147. The van der Waals surface area contributed by atoms with Crippen molar-refractivity contribution in [1.29, 1.82) is 0 Å². The second kappa shape index (κ2) is 27.6. The third kappa shape index (κ3) is 27.5. The summed E-state index contributed by atoms with van der Waals surface area (Å²) >= 11 is 0. The number of aliphatic hydroxyl groups excluding tert-OH is 2. The van der Waals surface area contributed by atoms with Gasteiger partial charge in [-0.3, -0.25) is 4.79 Å². The number of hydrogen-bond donors (Lipinski definition) is 2. The number of unbranched alkanes of at least 4 members (excludes halogenated alkanes) is 22. The topological polar surface area (TPSA) is 66.8 Å². The van der Waals surface area contributed by atoms with E-state index in [1.165, 1.54) is 135 Å². The molecule has 0 aliphatic heterocycles. The Bertz CT molecular complexity index is 386. The second-order valence-corrected chi connectivity index (χ2v) is 10.0. The first-order valence-corrected chi connectivity index (χ1v) is 14.6. The number of aliphatic hydroxyl groups is 2. The predicted molar refractivity (Wildman–Crippen MR) is 141 cm³/mol. The molecule has 4 nitrogen and oxygen atoms in total. The Morgan fingerprint density at radius 3 is 1.18 bits per heavy atom. The molecular weight excluding hydrogens is 412 g/mol. The molecule has 0 bridgehead atoms. The van der Waals surface area contributed by atoms with Crippen LogP contribution in [0, 0.1) is 0 Å². The van der Waals surface area contributed by atoms with Gasteiger partial charge >= 0.3 is 5.97 Å². The first kappa shape index (κ1) is 32.4. The molecule has 0 aliphatic carbocycles. The van der Waals surface area contributed by atoms with Crippen molar-refractivity contribution in [3.63, 3.8) is 0 Å². The van der Waals surface area contributed by atoms with Gasteiger partial charge in [-0.2, -0.15) is 0 Å². The lowest BCUT2D eigenvalue weighted by Gasteiger charge is -2.08. The van der Waals surface area contributed by atoms with Gasteiger partial charge in [-0.05, 0) is 6.42 Å². The van der Waals surface area contributed by atoms with E-state index in [-0.39, 0.29) is 19.2 Å². The lowest BCUT2D eigenvalue weighted by atomic mass is 10.0. The van der Waals surface area contributed by atoms with E-state index in [2.05, 4.69) is 6.92 Å². The molecule has 0 saturated carbocycles. The molecule has 0 heterocycles. The SMILES string of the molecule is CCCCCCCCCCCCCCCCCCCCCCCCCC(=O)OC[C@H](O)CO. The largest absolute Gasteiger partial charge is 0.463 e. The van der Waals surface area contributed by atoms with Gasteiger partial charge < -0.3 is 14.9 Å². The quantitative estimate of drug-likeness (QED) is 0.0936. The molecule has 198 valence electrons. The monoisotopic (exact) mass is 470 g/mol. The van der Waals surface area contributed by atoms with Crippen LogP contribution in [0.3, 0.4) is 0 Å². The van der Waals surface area contributed by atoms with Crippen LogP contribution in [-0.2, 0) is 9.53 Å². The van der Waals surface area contributed by atoms with Gasteiger partial charge in [0.15, 0.2) is 0 Å². The van der Waals surface area contributed by atoms with Gasteiger partial charge in [0.05, 0.1) is 6.61 Å². The van der Waals surface area contributed by atoms with Crippen molar-refractivity contribution in [3.8, 4) is 0 Å². The van der Waals surface area contributed by atoms with Crippen LogP contribution in [0.4, 0.5) is 0 Å². The molecule has 0 radical (unpaired) electrons. The van der Waals surface area contributed by atoms with Crippen LogP contribution in [0.2, 0.25) is 0 Å². The molecule has 1 atom stereocenters. The minimum absolute atomic E-state index is 0.102. The maximum atomic E-state index is 11.5. The molecule has 0 aromatic heterocycles. The smallest absolute Gasteiger partial charge is 0.305 e. The first-order chi connectivity index (χ1) is 16.2. The lowest BCUT2D eigenvalue weighted by Crippen LogP contribution is -2.21. The molecule has 0 rings (SSSR count). The first-order valence-electron chi connectivity index (χ1n) is 14.6. The van der Waals surface area contributed by atoms with Gasteiger partial charge in [0, 0.05) is 6.42 Å². The molecule has 0 aliphatic rings. The van der Waals surface area contributed by atoms with Crippen LogP contribution >= 0.6 is 0 Å². The Balaban J connectivity index is 3.10. The Morgan fingerprint density at radius 2 is 0.879 bits per heavy atom. The van der Waals surface area contributed by atoms with Crippen LogP contribution in [-0.4, -0.2) is 35.5 Å². The average Bonchev–Trinajstić information content (AvgIpc) is 2.82. The summed E-state index contributed by atoms with van der Waals surface area (Å²) in [6.45, 7) is 1.82. The van der Waals surface area contributed by atoms with Crippen molar-refractivity contribution in [1.82, 2.24) is 0 Å². The summed E-state index contributed by atoms with van der Waals surface area (Å²) in [6.07, 6.45) is 30.8. The van der Waals surface area contributed by atoms with Crippen molar-refractivity contribution >= 4 is 5.97 Å². The Morgan fingerprint density at radius 1 is 0.576 bits per heavy atom. The van der Waals surface area contributed by atoms with Crippen LogP contribution < -0.4 is 0 Å². The summed E-state index contributed by atoms with van der Waals surface area (Å²) < 4.78 is 4.90. The van der Waals surface area contributed by atoms with Gasteiger partial charge in [0.25, 0.3) is 0 Å². The van der Waals surface area contributed by atoms with E-state index >= 15 is 0 Å². The zero-order valence-electron chi connectivity index (χ0n) is 22.2. The van der Waals surface area contributed by atoms with E-state index in [4.69, 9.17) is 14.9 Å². The van der Waals surface area contributed by atoms with E-state index in [1.807, 2.05) is 0 Å². The molecule has 0 aromatic rings. The summed E-state index contributed by atoms with van der Waals surface area (Å²) in [6, 6.07) is 0. The molecule has 0 spiro atoms. The minimum Gasteiger partial charge on any atom is -0.463 e. The normalized spacial score (nSPS) is 12.2. The van der Waals surface area contributed by atoms with Crippen LogP contribution in [0.1, 0.15) is 161 Å². The van der Waals surface area contributed by atoms with E-state index in [0.29, 0.717) is 6.42 Å². The maximum Gasteiger partial charge on any atom is 0.305 e. The van der Waals surface area contributed by atoms with Crippen LogP contribution in [0.15, 0.2) is 0 Å². The van der Waals surface area contributed by atoms with Gasteiger partial charge in [0.1, 0.15) is 12.7 Å². The molecule has 4 heteroatoms. The Labute approximate surface area is 206 Å². The fraction of sp³-hybridized carbons (Fsp3) is 0.966. The number of ether oxygens (including phenoxy) is 1. The zero-order chi connectivity index (χ0) is 24.2. The molecule has 0 fully saturated rings. The fourth-order valence-corrected chi connectivity index (χ4v) is 4.37. The van der Waals surface area contributed by atoms with E-state index in [1.54, 1.807) is 0 Å². The summed E-state index contributed by atoms with van der Waals surface area (Å²) in [4.78, 5) is 11.5. The van der Waals surface area contributed by atoms with Gasteiger partial charge in [-0.1, -0.05) is 148 Å². The van der Waals surface area contributed by atoms with Crippen molar-refractivity contribution in [3.05, 3.63) is 0 Å². The number of rotatable bonds is 27. The summed E-state index contributed by atoms with van der Waals surface area (Å²) in [5.41, 5.74) is 0. The fourth-order valence-electron chi connectivity index (χ4n) is 4.37. The van der Waals surface area contributed by atoms with Crippen molar-refractivity contribution in [2.45, 2.75) is 167 Å². The van der Waals surface area contributed by atoms with Crippen molar-refractivity contribution in [2.24, 2.45) is 0 Å². The summed E-state index contributed by atoms with van der Waals surface area (Å²) in [5.74, 6) is -0.272. The predicted octanol–water partition coefficient (Wildman–Crippen LogP) is 8.27. The van der Waals surface area contributed by atoms with Crippen molar-refractivity contribution < 1.29 is 19.7 Å². The highest BCUT2D eigenvalue weighted by Crippen LogP contribution is 2.15. The summed E-state index contributed by atoms with van der Waals surface area (Å²) in [5, 5.41) is 17.8. The van der Waals surface area contributed by atoms with E-state index in [0.717, 1.165) is 12.8 Å². The number of carbonyl (C=O) groups is 1. The number of esters is 1. The Hall–Kier alpha value is -0.610. The second-order valence-electron chi connectivity index (χ2n) is 10.0. The molecule has 0 amide bonds. The maximum absolute atomic E-state index is 11.5. The highest BCUT2D eigenvalue weighted by molar-refractivity contribution is 5.69. The zero-order valence-corrected chi connectivity index (χ0v) is 22.2. The van der Waals surface area contributed by atoms with Crippen molar-refractivity contribution in [2.75, 3.05) is 13.2 Å². The third-order valence-electron chi connectivity index (χ3n) is 6.63. The molecule has 33 heavy (non-hydrogen) atoms. The molecule has 0 aromatic carbocycles. The van der Waals surface area contributed by atoms with Gasteiger partial charge in [-0.15, -0.1) is 0 Å². The molecule has 0 saturated heterocycles. The summed E-state index contributed by atoms with van der Waals surface area (Å²) in [7, 11) is 0. The van der Waals surface area contributed by atoms with Crippen LogP contribution in [0.5, 0.6) is 0 Å². The van der Waals surface area contributed by atoms with Crippen LogP contribution in [0.25, 0.3) is 0 Å². The highest BCUT2D eigenvalue weighted by atomic mass is 16.5. The standard InChI is InChI=1S/C29H58O4/c1-2-3-4-5-6-7-8-9-10-11-12-13-14-15-16-17-18-19-20-21-22-23-24-25-29(32)33-27-28(31)26-30/h28,30-31H,2-27H2,1H3/t28-/m1/s1. The molecular formula is C29H58O4. The average molecular weight is 471 g/mol. The van der Waals surface area contributed by atoms with E-state index < -0.39 is 6.10 Å². The minimum atomic E-state index is -0.955. The van der Waals surface area contributed by atoms with Gasteiger partial charge in [-0.25, -0.2) is 0 Å². The van der Waals surface area contributed by atoms with E-state index in [9.17, 15) is 4.79 Å². The molecule has 0 unspecified atom stereocenters. The third-order valence-corrected chi connectivity index (χ3v) is 6.63. The highest BCUT2D eigenvalue weighted by Gasteiger charge is 2.07.